The Morgan fingerprint density at radius 3 is 2.48 bits per heavy atom. The molecule has 0 unspecified atom stereocenters. The molecular formula is C16H19ClN2O4. The van der Waals surface area contributed by atoms with Crippen molar-refractivity contribution in [1.29, 1.82) is 0 Å². The number of benzene rings is 1. The lowest BCUT2D eigenvalue weighted by atomic mass is 9.66. The van der Waals surface area contributed by atoms with Crippen LogP contribution in [0, 0.1) is 12.3 Å². The Bertz CT molecular complexity index is 641. The summed E-state index contributed by atoms with van der Waals surface area (Å²) in [5.74, 6) is -1.80. The molecule has 1 aliphatic rings. The van der Waals surface area contributed by atoms with Crippen LogP contribution in [0.5, 0.6) is 0 Å². The lowest BCUT2D eigenvalue weighted by Gasteiger charge is -2.36. The van der Waals surface area contributed by atoms with Gasteiger partial charge in [0.2, 0.25) is 11.8 Å². The van der Waals surface area contributed by atoms with E-state index in [1.807, 2.05) is 13.0 Å². The summed E-state index contributed by atoms with van der Waals surface area (Å²) >= 11 is 6.02. The largest absolute Gasteiger partial charge is 0.481 e. The van der Waals surface area contributed by atoms with Gasteiger partial charge in [0.25, 0.3) is 0 Å². The maximum absolute atomic E-state index is 11.8. The minimum absolute atomic E-state index is 0.0963. The quantitative estimate of drug-likeness (QED) is 0.742. The Kier molecular flexibility index (Phi) is 5.26. The molecule has 1 aromatic carbocycles. The second kappa shape index (κ2) is 7.00. The predicted octanol–water partition coefficient (Wildman–Crippen LogP) is 2.35. The molecule has 0 saturated heterocycles. The van der Waals surface area contributed by atoms with Gasteiger partial charge in [0.15, 0.2) is 0 Å². The normalized spacial score (nSPS) is 15.4. The molecule has 0 heterocycles. The zero-order valence-corrected chi connectivity index (χ0v) is 13.6. The summed E-state index contributed by atoms with van der Waals surface area (Å²) in [5.41, 5.74) is 0.485. The van der Waals surface area contributed by atoms with Crippen molar-refractivity contribution in [2.45, 2.75) is 32.6 Å². The van der Waals surface area contributed by atoms with Crippen molar-refractivity contribution in [2.24, 2.45) is 5.41 Å². The number of carboxylic acid groups (broad SMARTS) is 1. The summed E-state index contributed by atoms with van der Waals surface area (Å²) in [6.07, 6.45) is 1.72. The maximum Gasteiger partial charge on any atom is 0.310 e. The number of halogens is 1. The van der Waals surface area contributed by atoms with Gasteiger partial charge in [-0.05, 0) is 37.5 Å². The van der Waals surface area contributed by atoms with Crippen molar-refractivity contribution in [1.82, 2.24) is 5.32 Å². The zero-order valence-electron chi connectivity index (χ0n) is 12.8. The molecule has 124 valence electrons. The Morgan fingerprint density at radius 1 is 1.26 bits per heavy atom. The lowest BCUT2D eigenvalue weighted by Crippen LogP contribution is -2.43. The number of anilines is 1. The molecule has 6 nitrogen and oxygen atoms in total. The molecule has 0 atom stereocenters. The van der Waals surface area contributed by atoms with Gasteiger partial charge in [-0.15, -0.1) is 0 Å². The van der Waals surface area contributed by atoms with E-state index in [1.54, 1.807) is 12.1 Å². The number of aryl methyl sites for hydroxylation is 1. The number of nitrogens with one attached hydrogen (secondary N) is 2. The van der Waals surface area contributed by atoms with Crippen LogP contribution in [0.4, 0.5) is 5.69 Å². The summed E-state index contributed by atoms with van der Waals surface area (Å²) in [5, 5.41) is 14.7. The highest BCUT2D eigenvalue weighted by Crippen LogP contribution is 2.44. The van der Waals surface area contributed by atoms with Crippen molar-refractivity contribution in [3.63, 3.8) is 0 Å². The number of hydrogen-bond acceptors (Lipinski definition) is 3. The Hall–Kier alpha value is -2.08. The number of rotatable bonds is 6. The van der Waals surface area contributed by atoms with Gasteiger partial charge in [-0.3, -0.25) is 14.4 Å². The highest BCUT2D eigenvalue weighted by Gasteiger charge is 2.45. The standard InChI is InChI=1S/C16H19ClN2O4/c1-10-3-4-12(11(17)7-10)19-14(21)9-18-13(20)8-16(15(22)23)5-2-6-16/h3-4,7H,2,5-6,8-9H2,1H3,(H,18,20)(H,19,21)(H,22,23). The Balaban J connectivity index is 1.82. The van der Waals surface area contributed by atoms with Crippen LogP contribution in [0.3, 0.4) is 0 Å². The minimum Gasteiger partial charge on any atom is -0.481 e. The van der Waals surface area contributed by atoms with Gasteiger partial charge in [0, 0.05) is 6.42 Å². The molecule has 0 radical (unpaired) electrons. The highest BCUT2D eigenvalue weighted by atomic mass is 35.5. The summed E-state index contributed by atoms with van der Waals surface area (Å²) in [6, 6.07) is 5.22. The molecule has 2 amide bonds. The van der Waals surface area contributed by atoms with Gasteiger partial charge < -0.3 is 15.7 Å². The molecule has 3 N–H and O–H groups in total. The average Bonchev–Trinajstić information content (AvgIpc) is 2.43. The van der Waals surface area contributed by atoms with E-state index in [9.17, 15) is 19.5 Å². The van der Waals surface area contributed by atoms with Gasteiger partial charge in [0.05, 0.1) is 22.7 Å². The maximum atomic E-state index is 11.8. The lowest BCUT2D eigenvalue weighted by molar-refractivity contribution is -0.157. The first-order valence-electron chi connectivity index (χ1n) is 7.38. The molecule has 2 rings (SSSR count). The molecule has 0 spiro atoms. The molecule has 23 heavy (non-hydrogen) atoms. The van der Waals surface area contributed by atoms with Crippen LogP contribution in [0.2, 0.25) is 5.02 Å². The summed E-state index contributed by atoms with van der Waals surface area (Å²) in [4.78, 5) is 34.9. The van der Waals surface area contributed by atoms with E-state index < -0.39 is 23.2 Å². The van der Waals surface area contributed by atoms with E-state index in [2.05, 4.69) is 10.6 Å². The average molecular weight is 339 g/mol. The van der Waals surface area contributed by atoms with E-state index in [1.165, 1.54) is 0 Å². The molecule has 1 fully saturated rings. The summed E-state index contributed by atoms with van der Waals surface area (Å²) in [7, 11) is 0. The van der Waals surface area contributed by atoms with Crippen molar-refractivity contribution < 1.29 is 19.5 Å². The van der Waals surface area contributed by atoms with E-state index in [4.69, 9.17) is 11.6 Å². The monoisotopic (exact) mass is 338 g/mol. The third-order valence-corrected chi connectivity index (χ3v) is 4.42. The predicted molar refractivity (Wildman–Crippen MR) is 86.4 cm³/mol. The van der Waals surface area contributed by atoms with E-state index >= 15 is 0 Å². The van der Waals surface area contributed by atoms with Crippen LogP contribution in [0.15, 0.2) is 18.2 Å². The van der Waals surface area contributed by atoms with E-state index in [-0.39, 0.29) is 13.0 Å². The van der Waals surface area contributed by atoms with E-state index in [0.717, 1.165) is 12.0 Å². The smallest absolute Gasteiger partial charge is 0.310 e. The van der Waals surface area contributed by atoms with Crippen LogP contribution in [0.1, 0.15) is 31.2 Å². The Labute approximate surface area is 139 Å². The molecule has 0 bridgehead atoms. The number of hydrogen-bond donors (Lipinski definition) is 3. The molecule has 1 aromatic rings. The third kappa shape index (κ3) is 4.22. The fraction of sp³-hybridized carbons (Fsp3) is 0.438. The fourth-order valence-corrected chi connectivity index (χ4v) is 2.82. The van der Waals surface area contributed by atoms with Crippen molar-refractivity contribution >= 4 is 35.1 Å². The second-order valence-corrected chi connectivity index (χ2v) is 6.33. The third-order valence-electron chi connectivity index (χ3n) is 4.11. The topological polar surface area (TPSA) is 95.5 Å². The molecule has 0 aliphatic heterocycles. The van der Waals surface area contributed by atoms with Crippen molar-refractivity contribution in [3.8, 4) is 0 Å². The first-order valence-corrected chi connectivity index (χ1v) is 7.76. The van der Waals surface area contributed by atoms with Crippen LogP contribution in [-0.4, -0.2) is 29.4 Å². The SMILES string of the molecule is Cc1ccc(NC(=O)CNC(=O)CC2(C(=O)O)CCC2)c(Cl)c1. The minimum atomic E-state index is -0.958. The highest BCUT2D eigenvalue weighted by molar-refractivity contribution is 6.33. The molecule has 0 aromatic heterocycles. The van der Waals surface area contributed by atoms with Crippen LogP contribution >= 0.6 is 11.6 Å². The first kappa shape index (κ1) is 17.3. The van der Waals surface area contributed by atoms with Gasteiger partial charge in [0.1, 0.15) is 0 Å². The van der Waals surface area contributed by atoms with Gasteiger partial charge >= 0.3 is 5.97 Å². The van der Waals surface area contributed by atoms with Gasteiger partial charge in [-0.2, -0.15) is 0 Å². The molecular weight excluding hydrogens is 320 g/mol. The van der Waals surface area contributed by atoms with Gasteiger partial charge in [-0.1, -0.05) is 24.1 Å². The first-order chi connectivity index (χ1) is 10.8. The summed E-state index contributed by atoms with van der Waals surface area (Å²) < 4.78 is 0. The molecule has 7 heteroatoms. The van der Waals surface area contributed by atoms with Crippen molar-refractivity contribution in [2.75, 3.05) is 11.9 Å². The number of aliphatic carboxylic acids is 1. The molecule has 1 aliphatic carbocycles. The second-order valence-electron chi connectivity index (χ2n) is 5.92. The fourth-order valence-electron chi connectivity index (χ4n) is 2.53. The van der Waals surface area contributed by atoms with Crippen LogP contribution < -0.4 is 10.6 Å². The Morgan fingerprint density at radius 2 is 1.96 bits per heavy atom. The van der Waals surface area contributed by atoms with Crippen molar-refractivity contribution in [3.05, 3.63) is 28.8 Å². The summed E-state index contributed by atoms with van der Waals surface area (Å²) in [6.45, 7) is 1.66. The number of amides is 2. The number of carbonyl (C=O) groups is 3. The van der Waals surface area contributed by atoms with Crippen LogP contribution in [-0.2, 0) is 14.4 Å². The van der Waals surface area contributed by atoms with Gasteiger partial charge in [-0.25, -0.2) is 0 Å². The number of carbonyl (C=O) groups excluding carboxylic acids is 2. The number of carboxylic acids is 1. The zero-order chi connectivity index (χ0) is 17.0. The van der Waals surface area contributed by atoms with Crippen LogP contribution in [0.25, 0.3) is 0 Å². The molecule has 1 saturated carbocycles. The van der Waals surface area contributed by atoms with E-state index in [0.29, 0.717) is 23.6 Å².